The zero-order chi connectivity index (χ0) is 13.2. The molecule has 19 heavy (non-hydrogen) atoms. The average Bonchev–Trinajstić information content (AvgIpc) is 3.11. The lowest BCUT2D eigenvalue weighted by atomic mass is 9.98. The summed E-state index contributed by atoms with van der Waals surface area (Å²) in [7, 11) is 0. The van der Waals surface area contributed by atoms with Crippen molar-refractivity contribution in [2.45, 2.75) is 71.0 Å². The number of aromatic nitrogens is 2. The van der Waals surface area contributed by atoms with E-state index in [1.165, 1.54) is 44.2 Å². The molecule has 106 valence electrons. The van der Waals surface area contributed by atoms with Crippen LogP contribution in [-0.2, 0) is 6.54 Å². The molecule has 3 unspecified atom stereocenters. The Morgan fingerprint density at radius 1 is 1.21 bits per heavy atom. The predicted octanol–water partition coefficient (Wildman–Crippen LogP) is 3.52. The Morgan fingerprint density at radius 2 is 2.00 bits per heavy atom. The molecule has 2 aliphatic carbocycles. The molecule has 0 amide bonds. The molecule has 0 saturated heterocycles. The molecular formula is C16H27N3. The minimum Gasteiger partial charge on any atom is -0.308 e. The summed E-state index contributed by atoms with van der Waals surface area (Å²) in [5.41, 5.74) is 1.21. The summed E-state index contributed by atoms with van der Waals surface area (Å²) in [5, 5.41) is 8.46. The highest BCUT2D eigenvalue weighted by atomic mass is 15.3. The molecule has 0 aromatic carbocycles. The number of nitrogens with zero attached hydrogens (tertiary/aromatic N) is 2. The van der Waals surface area contributed by atoms with Gasteiger partial charge < -0.3 is 5.32 Å². The summed E-state index contributed by atoms with van der Waals surface area (Å²) in [6, 6.07) is 3.54. The van der Waals surface area contributed by atoms with Gasteiger partial charge in [-0.05, 0) is 43.6 Å². The van der Waals surface area contributed by atoms with Crippen molar-refractivity contribution in [1.29, 1.82) is 0 Å². The van der Waals surface area contributed by atoms with Gasteiger partial charge in [-0.25, -0.2) is 0 Å². The Hall–Kier alpha value is -0.830. The fourth-order valence-corrected chi connectivity index (χ4v) is 3.73. The molecule has 1 aromatic rings. The Morgan fingerprint density at radius 3 is 2.68 bits per heavy atom. The second-order valence-corrected chi connectivity index (χ2v) is 6.63. The Kier molecular flexibility index (Phi) is 3.92. The van der Waals surface area contributed by atoms with E-state index >= 15 is 0 Å². The first-order chi connectivity index (χ1) is 9.24. The smallest absolute Gasteiger partial charge is 0.0762 e. The average molecular weight is 261 g/mol. The van der Waals surface area contributed by atoms with Crippen LogP contribution in [0.2, 0.25) is 0 Å². The SMILES string of the molecule is CC1CCC(NCc2ccn(C3CCCC3)n2)C1C. The minimum atomic E-state index is 0.666. The molecule has 3 rings (SSSR count). The van der Waals surface area contributed by atoms with E-state index in [0.29, 0.717) is 12.1 Å². The van der Waals surface area contributed by atoms with Crippen molar-refractivity contribution >= 4 is 0 Å². The summed E-state index contributed by atoms with van der Waals surface area (Å²) in [4.78, 5) is 0. The quantitative estimate of drug-likeness (QED) is 0.898. The number of rotatable bonds is 4. The van der Waals surface area contributed by atoms with Crippen LogP contribution < -0.4 is 5.32 Å². The van der Waals surface area contributed by atoms with Crippen molar-refractivity contribution in [2.75, 3.05) is 0 Å². The minimum absolute atomic E-state index is 0.666. The van der Waals surface area contributed by atoms with Crippen LogP contribution in [0.15, 0.2) is 12.3 Å². The molecule has 2 aliphatic rings. The van der Waals surface area contributed by atoms with Gasteiger partial charge in [0.25, 0.3) is 0 Å². The van der Waals surface area contributed by atoms with Gasteiger partial charge in [0.15, 0.2) is 0 Å². The first-order valence-corrected chi connectivity index (χ1v) is 8.01. The highest BCUT2D eigenvalue weighted by Gasteiger charge is 2.29. The van der Waals surface area contributed by atoms with E-state index in [1.54, 1.807) is 0 Å². The van der Waals surface area contributed by atoms with E-state index in [9.17, 15) is 0 Å². The summed E-state index contributed by atoms with van der Waals surface area (Å²) < 4.78 is 2.20. The molecule has 1 aromatic heterocycles. The van der Waals surface area contributed by atoms with E-state index in [0.717, 1.165) is 18.4 Å². The second kappa shape index (κ2) is 5.66. The van der Waals surface area contributed by atoms with E-state index in [4.69, 9.17) is 5.10 Å². The van der Waals surface area contributed by atoms with Crippen molar-refractivity contribution in [1.82, 2.24) is 15.1 Å². The van der Waals surface area contributed by atoms with Gasteiger partial charge in [-0.2, -0.15) is 5.10 Å². The molecule has 0 bridgehead atoms. The lowest BCUT2D eigenvalue weighted by Crippen LogP contribution is -2.32. The number of nitrogens with one attached hydrogen (secondary N) is 1. The summed E-state index contributed by atoms with van der Waals surface area (Å²) in [5.74, 6) is 1.67. The lowest BCUT2D eigenvalue weighted by molar-refractivity contribution is 0.367. The van der Waals surface area contributed by atoms with Crippen LogP contribution in [0.5, 0.6) is 0 Å². The molecule has 1 heterocycles. The van der Waals surface area contributed by atoms with E-state index in [1.807, 2.05) is 0 Å². The predicted molar refractivity (Wildman–Crippen MR) is 77.9 cm³/mol. The van der Waals surface area contributed by atoms with Crippen LogP contribution in [0.3, 0.4) is 0 Å². The van der Waals surface area contributed by atoms with E-state index in [2.05, 4.69) is 36.1 Å². The van der Waals surface area contributed by atoms with Crippen molar-refractivity contribution in [2.24, 2.45) is 11.8 Å². The summed E-state index contributed by atoms with van der Waals surface area (Å²) in [6.45, 7) is 5.69. The summed E-state index contributed by atoms with van der Waals surface area (Å²) in [6.07, 6.45) is 10.2. The van der Waals surface area contributed by atoms with Crippen LogP contribution in [0.25, 0.3) is 0 Å². The van der Waals surface area contributed by atoms with Crippen LogP contribution >= 0.6 is 0 Å². The lowest BCUT2D eigenvalue weighted by Gasteiger charge is -2.19. The van der Waals surface area contributed by atoms with Crippen molar-refractivity contribution in [3.8, 4) is 0 Å². The van der Waals surface area contributed by atoms with Crippen molar-refractivity contribution < 1.29 is 0 Å². The molecule has 3 nitrogen and oxygen atoms in total. The van der Waals surface area contributed by atoms with Crippen LogP contribution in [0.4, 0.5) is 0 Å². The Balaban J connectivity index is 1.53. The molecule has 1 N–H and O–H groups in total. The largest absolute Gasteiger partial charge is 0.308 e. The molecule has 3 atom stereocenters. The van der Waals surface area contributed by atoms with Crippen LogP contribution in [-0.4, -0.2) is 15.8 Å². The van der Waals surface area contributed by atoms with Gasteiger partial charge >= 0.3 is 0 Å². The highest BCUT2D eigenvalue weighted by molar-refractivity contribution is 5.01. The monoisotopic (exact) mass is 261 g/mol. The summed E-state index contributed by atoms with van der Waals surface area (Å²) >= 11 is 0. The zero-order valence-electron chi connectivity index (χ0n) is 12.3. The molecule has 2 saturated carbocycles. The van der Waals surface area contributed by atoms with Gasteiger partial charge in [0.05, 0.1) is 11.7 Å². The topological polar surface area (TPSA) is 29.9 Å². The fourth-order valence-electron chi connectivity index (χ4n) is 3.73. The normalized spacial score (nSPS) is 32.2. The molecule has 2 fully saturated rings. The maximum atomic E-state index is 4.75. The molecule has 0 radical (unpaired) electrons. The van der Waals surface area contributed by atoms with Crippen LogP contribution in [0.1, 0.15) is 64.1 Å². The third-order valence-corrected chi connectivity index (χ3v) is 5.37. The molecule has 0 spiro atoms. The first-order valence-electron chi connectivity index (χ1n) is 8.01. The van der Waals surface area contributed by atoms with E-state index in [-0.39, 0.29) is 0 Å². The fraction of sp³-hybridized carbons (Fsp3) is 0.812. The second-order valence-electron chi connectivity index (χ2n) is 6.63. The van der Waals surface area contributed by atoms with Gasteiger partial charge in [-0.3, -0.25) is 4.68 Å². The third kappa shape index (κ3) is 2.86. The Bertz CT molecular complexity index is 406. The van der Waals surface area contributed by atoms with Crippen molar-refractivity contribution in [3.05, 3.63) is 18.0 Å². The van der Waals surface area contributed by atoms with Crippen molar-refractivity contribution in [3.63, 3.8) is 0 Å². The zero-order valence-corrected chi connectivity index (χ0v) is 12.3. The standard InChI is InChI=1S/C16H27N3/c1-12-7-8-16(13(12)2)17-11-14-9-10-19(18-14)15-5-3-4-6-15/h9-10,12-13,15-17H,3-8,11H2,1-2H3. The maximum Gasteiger partial charge on any atom is 0.0762 e. The molecule has 0 aliphatic heterocycles. The number of hydrogen-bond donors (Lipinski definition) is 1. The van der Waals surface area contributed by atoms with Gasteiger partial charge in [0.2, 0.25) is 0 Å². The molecule has 3 heteroatoms. The Labute approximate surface area is 116 Å². The maximum absolute atomic E-state index is 4.75. The van der Waals surface area contributed by atoms with Crippen LogP contribution in [0, 0.1) is 11.8 Å². The third-order valence-electron chi connectivity index (χ3n) is 5.37. The highest BCUT2D eigenvalue weighted by Crippen LogP contribution is 2.31. The van der Waals surface area contributed by atoms with Gasteiger partial charge in [-0.15, -0.1) is 0 Å². The number of hydrogen-bond acceptors (Lipinski definition) is 2. The first kappa shape index (κ1) is 13.2. The van der Waals surface area contributed by atoms with Gasteiger partial charge in [0.1, 0.15) is 0 Å². The van der Waals surface area contributed by atoms with Gasteiger partial charge in [-0.1, -0.05) is 26.7 Å². The van der Waals surface area contributed by atoms with Gasteiger partial charge in [0, 0.05) is 18.8 Å². The molecular weight excluding hydrogens is 234 g/mol. The van der Waals surface area contributed by atoms with E-state index < -0.39 is 0 Å².